The van der Waals surface area contributed by atoms with Crippen LogP contribution in [0.1, 0.15) is 54.4 Å². The molecule has 6 nitrogen and oxygen atoms in total. The molecule has 4 rings (SSSR count). The Balaban J connectivity index is 1.28. The number of ketones is 1. The first-order valence-corrected chi connectivity index (χ1v) is 11.9. The molecule has 34 heavy (non-hydrogen) atoms. The third-order valence-electron chi connectivity index (χ3n) is 6.81. The molecule has 2 aromatic rings. The van der Waals surface area contributed by atoms with Crippen molar-refractivity contribution in [3.05, 3.63) is 70.5 Å². The van der Waals surface area contributed by atoms with Crippen LogP contribution in [-0.4, -0.2) is 40.5 Å². The molecule has 1 fully saturated rings. The molecule has 1 heterocycles. The van der Waals surface area contributed by atoms with Crippen LogP contribution in [0.3, 0.4) is 0 Å². The largest absolute Gasteiger partial charge is 0.481 e. The fraction of sp³-hybridized carbons (Fsp3) is 0.444. The summed E-state index contributed by atoms with van der Waals surface area (Å²) in [6.45, 7) is 1.01. The number of carbonyl (C=O) groups is 3. The van der Waals surface area contributed by atoms with E-state index >= 15 is 0 Å². The standard InChI is InChI=1S/C27H30FNO5/c28-25-4-2-1-3-21(25)16-23(30)14-19-5-8-22-17-29(12-11-20(22)13-19)27(33)34-24-9-6-18(7-10-24)15-26(31)32/h1-5,8,13,18,24H,6-7,9-12,14-17H2,(H,31,32). The molecule has 1 saturated carbocycles. The molecule has 180 valence electrons. The fourth-order valence-electron chi connectivity index (χ4n) is 4.93. The van der Waals surface area contributed by atoms with Crippen molar-refractivity contribution < 1.29 is 28.6 Å². The van der Waals surface area contributed by atoms with Crippen LogP contribution in [0.4, 0.5) is 9.18 Å². The number of Topliss-reactive ketones (excluding diaryl/α,β-unsaturated/α-hetero) is 1. The zero-order valence-corrected chi connectivity index (χ0v) is 19.2. The van der Waals surface area contributed by atoms with Gasteiger partial charge in [-0.15, -0.1) is 0 Å². The molecule has 0 spiro atoms. The lowest BCUT2D eigenvalue weighted by Gasteiger charge is -2.32. The number of benzene rings is 2. The smallest absolute Gasteiger partial charge is 0.410 e. The molecule has 0 bridgehead atoms. The van der Waals surface area contributed by atoms with E-state index in [0.29, 0.717) is 37.9 Å². The van der Waals surface area contributed by atoms with Gasteiger partial charge < -0.3 is 14.7 Å². The predicted molar refractivity (Wildman–Crippen MR) is 124 cm³/mol. The number of hydrogen-bond acceptors (Lipinski definition) is 4. The van der Waals surface area contributed by atoms with Crippen molar-refractivity contribution in [1.82, 2.24) is 4.90 Å². The van der Waals surface area contributed by atoms with E-state index < -0.39 is 5.97 Å². The summed E-state index contributed by atoms with van der Waals surface area (Å²) in [5.74, 6) is -1.00. The van der Waals surface area contributed by atoms with Crippen LogP contribution < -0.4 is 0 Å². The van der Waals surface area contributed by atoms with Crippen LogP contribution in [0, 0.1) is 11.7 Å². The number of hydrogen-bond donors (Lipinski definition) is 1. The van der Waals surface area contributed by atoms with E-state index in [1.807, 2.05) is 18.2 Å². The van der Waals surface area contributed by atoms with Gasteiger partial charge in [-0.05, 0) is 66.3 Å². The maximum Gasteiger partial charge on any atom is 0.410 e. The minimum absolute atomic E-state index is 0.0378. The summed E-state index contributed by atoms with van der Waals surface area (Å²) in [6, 6.07) is 12.2. The number of fused-ring (bicyclic) bond motifs is 1. The lowest BCUT2D eigenvalue weighted by atomic mass is 9.85. The fourth-order valence-corrected chi connectivity index (χ4v) is 4.93. The quantitative estimate of drug-likeness (QED) is 0.638. The van der Waals surface area contributed by atoms with Crippen molar-refractivity contribution in [2.75, 3.05) is 6.54 Å². The van der Waals surface area contributed by atoms with Gasteiger partial charge in [0.2, 0.25) is 0 Å². The summed E-state index contributed by atoms with van der Waals surface area (Å²) in [5, 5.41) is 8.93. The Morgan fingerprint density at radius 2 is 1.76 bits per heavy atom. The molecular weight excluding hydrogens is 437 g/mol. The van der Waals surface area contributed by atoms with Gasteiger partial charge in [-0.1, -0.05) is 36.4 Å². The Morgan fingerprint density at radius 1 is 1.00 bits per heavy atom. The van der Waals surface area contributed by atoms with Gasteiger partial charge >= 0.3 is 12.1 Å². The third kappa shape index (κ3) is 6.22. The molecule has 1 aliphatic carbocycles. The summed E-state index contributed by atoms with van der Waals surface area (Å²) in [6.07, 6.45) is 3.66. The van der Waals surface area contributed by atoms with E-state index in [-0.39, 0.29) is 49.0 Å². The highest BCUT2D eigenvalue weighted by Gasteiger charge is 2.28. The molecule has 7 heteroatoms. The topological polar surface area (TPSA) is 83.9 Å². The van der Waals surface area contributed by atoms with Gasteiger partial charge in [0.25, 0.3) is 0 Å². The Hall–Kier alpha value is -3.22. The molecule has 1 N–H and O–H groups in total. The molecule has 2 aliphatic rings. The summed E-state index contributed by atoms with van der Waals surface area (Å²) >= 11 is 0. The van der Waals surface area contributed by atoms with Gasteiger partial charge in [-0.3, -0.25) is 9.59 Å². The Labute approximate surface area is 198 Å². The molecule has 0 atom stereocenters. The number of amides is 1. The van der Waals surface area contributed by atoms with Crippen LogP contribution in [-0.2, 0) is 40.1 Å². The number of nitrogens with zero attached hydrogens (tertiary/aromatic N) is 1. The van der Waals surface area contributed by atoms with E-state index in [1.54, 1.807) is 23.1 Å². The van der Waals surface area contributed by atoms with Gasteiger partial charge in [0.15, 0.2) is 0 Å². The number of carboxylic acid groups (broad SMARTS) is 1. The Morgan fingerprint density at radius 3 is 2.50 bits per heavy atom. The monoisotopic (exact) mass is 467 g/mol. The number of rotatable bonds is 7. The highest BCUT2D eigenvalue weighted by Crippen LogP contribution is 2.29. The zero-order chi connectivity index (χ0) is 24.1. The molecule has 0 unspecified atom stereocenters. The van der Waals surface area contributed by atoms with Gasteiger partial charge in [0.1, 0.15) is 17.7 Å². The molecule has 0 aromatic heterocycles. The molecule has 0 saturated heterocycles. The average molecular weight is 468 g/mol. The van der Waals surface area contributed by atoms with Crippen LogP contribution in [0.15, 0.2) is 42.5 Å². The second-order valence-electron chi connectivity index (χ2n) is 9.38. The van der Waals surface area contributed by atoms with Crippen LogP contribution >= 0.6 is 0 Å². The highest BCUT2D eigenvalue weighted by molar-refractivity contribution is 5.83. The normalized spacial score (nSPS) is 19.9. The van der Waals surface area contributed by atoms with Crippen LogP contribution in [0.25, 0.3) is 0 Å². The second-order valence-corrected chi connectivity index (χ2v) is 9.38. The molecule has 2 aromatic carbocycles. The van der Waals surface area contributed by atoms with Crippen molar-refractivity contribution in [2.24, 2.45) is 5.92 Å². The maximum absolute atomic E-state index is 13.8. The van der Waals surface area contributed by atoms with E-state index in [4.69, 9.17) is 9.84 Å². The maximum atomic E-state index is 13.8. The minimum atomic E-state index is -0.773. The van der Waals surface area contributed by atoms with Crippen molar-refractivity contribution in [3.8, 4) is 0 Å². The van der Waals surface area contributed by atoms with Crippen molar-refractivity contribution in [3.63, 3.8) is 0 Å². The van der Waals surface area contributed by atoms with E-state index in [2.05, 4.69) is 0 Å². The Kier molecular flexibility index (Phi) is 7.60. The van der Waals surface area contributed by atoms with Gasteiger partial charge in [-0.25, -0.2) is 9.18 Å². The molecule has 1 aliphatic heterocycles. The molecule has 0 radical (unpaired) electrons. The summed E-state index contributed by atoms with van der Waals surface area (Å²) in [4.78, 5) is 37.7. The van der Waals surface area contributed by atoms with E-state index in [9.17, 15) is 18.8 Å². The molecular formula is C27H30FNO5. The Bertz CT molecular complexity index is 1060. The number of halogens is 1. The minimum Gasteiger partial charge on any atom is -0.481 e. The summed E-state index contributed by atoms with van der Waals surface area (Å²) in [5.41, 5.74) is 3.47. The lowest BCUT2D eigenvalue weighted by Crippen LogP contribution is -2.39. The van der Waals surface area contributed by atoms with E-state index in [1.165, 1.54) is 6.07 Å². The first-order chi connectivity index (χ1) is 16.4. The second kappa shape index (κ2) is 10.8. The SMILES string of the molecule is O=C(O)CC1CCC(OC(=O)N2CCc3cc(CC(=O)Cc4ccccc4F)ccc3C2)CC1. The lowest BCUT2D eigenvalue weighted by molar-refractivity contribution is -0.138. The zero-order valence-electron chi connectivity index (χ0n) is 19.2. The summed E-state index contributed by atoms with van der Waals surface area (Å²) in [7, 11) is 0. The van der Waals surface area contributed by atoms with E-state index in [0.717, 1.165) is 29.5 Å². The number of carbonyl (C=O) groups excluding carboxylic acids is 2. The summed E-state index contributed by atoms with van der Waals surface area (Å²) < 4.78 is 19.5. The first-order valence-electron chi connectivity index (χ1n) is 11.9. The predicted octanol–water partition coefficient (Wildman–Crippen LogP) is 4.71. The number of carboxylic acids is 1. The molecule has 1 amide bonds. The van der Waals surface area contributed by atoms with Crippen LogP contribution in [0.2, 0.25) is 0 Å². The average Bonchev–Trinajstić information content (AvgIpc) is 2.81. The van der Waals surface area contributed by atoms with Crippen LogP contribution in [0.5, 0.6) is 0 Å². The van der Waals surface area contributed by atoms with Gasteiger partial charge in [-0.2, -0.15) is 0 Å². The highest BCUT2D eigenvalue weighted by atomic mass is 19.1. The van der Waals surface area contributed by atoms with Crippen molar-refractivity contribution in [2.45, 2.75) is 64.0 Å². The number of ether oxygens (including phenoxy) is 1. The van der Waals surface area contributed by atoms with Gasteiger partial charge in [0, 0.05) is 32.4 Å². The van der Waals surface area contributed by atoms with Crippen molar-refractivity contribution in [1.29, 1.82) is 0 Å². The third-order valence-corrected chi connectivity index (χ3v) is 6.81. The number of aliphatic carboxylic acids is 1. The first kappa shape index (κ1) is 23.9. The van der Waals surface area contributed by atoms with Gasteiger partial charge in [0.05, 0.1) is 0 Å². The van der Waals surface area contributed by atoms with Crippen molar-refractivity contribution >= 4 is 17.8 Å².